The van der Waals surface area contributed by atoms with Gasteiger partial charge in [-0.1, -0.05) is 77.0 Å². The summed E-state index contributed by atoms with van der Waals surface area (Å²) >= 11 is 0. The first-order valence-corrected chi connectivity index (χ1v) is 12.2. The third kappa shape index (κ3) is 10.8. The number of aliphatic carboxylic acids is 2. The summed E-state index contributed by atoms with van der Waals surface area (Å²) in [5.41, 5.74) is -1.68. The minimum atomic E-state index is -1.68. The van der Waals surface area contributed by atoms with Crippen LogP contribution in [0.15, 0.2) is 0 Å². The summed E-state index contributed by atoms with van der Waals surface area (Å²) in [4.78, 5) is 61.5. The molecule has 1 heterocycles. The van der Waals surface area contributed by atoms with Crippen LogP contribution in [0.1, 0.15) is 116 Å². The highest BCUT2D eigenvalue weighted by molar-refractivity contribution is 6.01. The molecule has 0 aromatic rings. The molecule has 1 aliphatic heterocycles. The van der Waals surface area contributed by atoms with Gasteiger partial charge in [-0.05, 0) is 19.8 Å². The van der Waals surface area contributed by atoms with E-state index in [4.69, 9.17) is 15.1 Å². The lowest BCUT2D eigenvalue weighted by atomic mass is 9.85. The van der Waals surface area contributed by atoms with E-state index in [2.05, 4.69) is 0 Å². The zero-order valence-electron chi connectivity index (χ0n) is 19.8. The number of rotatable bonds is 19. The normalized spacial score (nSPS) is 14.0. The van der Waals surface area contributed by atoms with Crippen LogP contribution in [0.3, 0.4) is 0 Å². The van der Waals surface area contributed by atoms with Crippen molar-refractivity contribution >= 4 is 29.7 Å². The molecule has 33 heavy (non-hydrogen) atoms. The van der Waals surface area contributed by atoms with E-state index in [0.717, 1.165) is 51.4 Å². The molecule has 0 unspecified atom stereocenters. The summed E-state index contributed by atoms with van der Waals surface area (Å²) in [6.07, 6.45) is 13.7. The summed E-state index contributed by atoms with van der Waals surface area (Å²) in [5, 5.41) is 18.7. The van der Waals surface area contributed by atoms with Crippen molar-refractivity contribution in [3.05, 3.63) is 0 Å². The van der Waals surface area contributed by atoms with Crippen molar-refractivity contribution in [3.63, 3.8) is 0 Å². The Hall–Kier alpha value is -2.45. The van der Waals surface area contributed by atoms with Crippen LogP contribution in [0.2, 0.25) is 0 Å². The first kappa shape index (κ1) is 28.6. The molecule has 9 nitrogen and oxygen atoms in total. The lowest BCUT2D eigenvalue weighted by Crippen LogP contribution is -2.36. The van der Waals surface area contributed by atoms with Gasteiger partial charge in [0.2, 0.25) is 0 Å². The molecular weight excluding hydrogens is 430 g/mol. The molecule has 188 valence electrons. The van der Waals surface area contributed by atoms with E-state index in [9.17, 15) is 24.0 Å². The Morgan fingerprint density at radius 3 is 1.48 bits per heavy atom. The lowest BCUT2D eigenvalue weighted by molar-refractivity contribution is -0.197. The van der Waals surface area contributed by atoms with Gasteiger partial charge in [0.1, 0.15) is 0 Å². The Bertz CT molecular complexity index is 645. The summed E-state index contributed by atoms with van der Waals surface area (Å²) in [6.45, 7) is 1.27. The number of hydrogen-bond acceptors (Lipinski definition) is 6. The molecule has 9 heteroatoms. The molecule has 0 saturated carbocycles. The molecule has 1 saturated heterocycles. The quantitative estimate of drug-likeness (QED) is 0.159. The molecule has 1 aliphatic rings. The molecule has 0 aromatic heterocycles. The van der Waals surface area contributed by atoms with Crippen molar-refractivity contribution in [2.24, 2.45) is 5.41 Å². The maximum Gasteiger partial charge on any atom is 0.333 e. The van der Waals surface area contributed by atoms with Crippen LogP contribution in [0, 0.1) is 5.41 Å². The van der Waals surface area contributed by atoms with Crippen LogP contribution in [0.4, 0.5) is 0 Å². The van der Waals surface area contributed by atoms with Gasteiger partial charge in [0, 0.05) is 19.3 Å². The number of carbonyl (C=O) groups is 5. The fraction of sp³-hybridized carbons (Fsp3) is 0.792. The standard InChI is InChI=1S/C24H39NO8/c1-24(22(29)30,23(31)32)18-14-12-10-8-6-4-2-3-5-7-9-11-13-15-21(28)33-25-19(26)16-17-20(25)27/h2-18H2,1H3,(H,29,30)(H,31,32). The molecular formula is C24H39NO8. The van der Waals surface area contributed by atoms with Gasteiger partial charge in [0.05, 0.1) is 0 Å². The molecule has 1 rings (SSSR count). The monoisotopic (exact) mass is 469 g/mol. The van der Waals surface area contributed by atoms with Crippen molar-refractivity contribution < 1.29 is 39.0 Å². The minimum Gasteiger partial charge on any atom is -0.480 e. The van der Waals surface area contributed by atoms with E-state index in [-0.39, 0.29) is 25.7 Å². The Kier molecular flexibility index (Phi) is 13.3. The summed E-state index contributed by atoms with van der Waals surface area (Å²) < 4.78 is 0. The Labute approximate surface area is 195 Å². The van der Waals surface area contributed by atoms with Gasteiger partial charge < -0.3 is 15.1 Å². The average molecular weight is 470 g/mol. The van der Waals surface area contributed by atoms with Gasteiger partial charge in [0.25, 0.3) is 11.8 Å². The van der Waals surface area contributed by atoms with Gasteiger partial charge >= 0.3 is 17.9 Å². The topological polar surface area (TPSA) is 138 Å². The smallest absolute Gasteiger partial charge is 0.333 e. The first-order valence-electron chi connectivity index (χ1n) is 12.2. The molecule has 0 atom stereocenters. The van der Waals surface area contributed by atoms with E-state index in [1.165, 1.54) is 26.2 Å². The second-order valence-corrected chi connectivity index (χ2v) is 9.08. The van der Waals surface area contributed by atoms with E-state index >= 15 is 0 Å². The van der Waals surface area contributed by atoms with Crippen LogP contribution in [-0.2, 0) is 28.8 Å². The number of hydrogen-bond donors (Lipinski definition) is 2. The fourth-order valence-electron chi connectivity index (χ4n) is 3.80. The molecule has 0 aliphatic carbocycles. The van der Waals surface area contributed by atoms with Crippen LogP contribution in [-0.4, -0.2) is 45.0 Å². The van der Waals surface area contributed by atoms with Crippen LogP contribution >= 0.6 is 0 Å². The van der Waals surface area contributed by atoms with Gasteiger partial charge in [-0.15, -0.1) is 5.06 Å². The van der Waals surface area contributed by atoms with Crippen LogP contribution in [0.25, 0.3) is 0 Å². The van der Waals surface area contributed by atoms with Crippen molar-refractivity contribution in [2.45, 2.75) is 116 Å². The highest BCUT2D eigenvalue weighted by Gasteiger charge is 2.40. The minimum absolute atomic E-state index is 0.106. The third-order valence-corrected chi connectivity index (χ3v) is 6.20. The molecule has 2 N–H and O–H groups in total. The van der Waals surface area contributed by atoms with Crippen molar-refractivity contribution in [2.75, 3.05) is 0 Å². The number of carbonyl (C=O) groups excluding carboxylic acids is 3. The predicted octanol–water partition coefficient (Wildman–Crippen LogP) is 4.62. The maximum atomic E-state index is 11.7. The van der Waals surface area contributed by atoms with Gasteiger partial charge in [-0.2, -0.15) is 0 Å². The van der Waals surface area contributed by atoms with Crippen molar-refractivity contribution in [3.8, 4) is 0 Å². The highest BCUT2D eigenvalue weighted by Crippen LogP contribution is 2.26. The lowest BCUT2D eigenvalue weighted by Gasteiger charge is -2.19. The number of unbranched alkanes of at least 4 members (excludes halogenated alkanes) is 12. The van der Waals surface area contributed by atoms with Gasteiger partial charge in [-0.25, -0.2) is 4.79 Å². The number of carboxylic acid groups (broad SMARTS) is 2. The van der Waals surface area contributed by atoms with Crippen LogP contribution in [0.5, 0.6) is 0 Å². The van der Waals surface area contributed by atoms with Gasteiger partial charge in [0.15, 0.2) is 5.41 Å². The molecule has 0 aromatic carbocycles. The number of amides is 2. The van der Waals surface area contributed by atoms with E-state index in [1.54, 1.807) is 0 Å². The largest absolute Gasteiger partial charge is 0.480 e. The first-order chi connectivity index (χ1) is 15.7. The van der Waals surface area contributed by atoms with E-state index < -0.39 is 35.1 Å². The molecule has 0 bridgehead atoms. The second kappa shape index (κ2) is 15.4. The zero-order chi connectivity index (χ0) is 24.7. The number of imide groups is 1. The molecule has 0 radical (unpaired) electrons. The maximum absolute atomic E-state index is 11.7. The predicted molar refractivity (Wildman–Crippen MR) is 120 cm³/mol. The van der Waals surface area contributed by atoms with Gasteiger partial charge in [-0.3, -0.25) is 19.2 Å². The fourth-order valence-corrected chi connectivity index (χ4v) is 3.80. The Morgan fingerprint density at radius 1 is 0.727 bits per heavy atom. The average Bonchev–Trinajstić information content (AvgIpc) is 3.07. The third-order valence-electron chi connectivity index (χ3n) is 6.20. The molecule has 0 spiro atoms. The van der Waals surface area contributed by atoms with E-state index in [1.807, 2.05) is 0 Å². The summed E-state index contributed by atoms with van der Waals surface area (Å²) in [7, 11) is 0. The Balaban J connectivity index is 1.87. The molecule has 2 amide bonds. The van der Waals surface area contributed by atoms with E-state index in [0.29, 0.717) is 17.9 Å². The number of carboxylic acids is 2. The van der Waals surface area contributed by atoms with Crippen LogP contribution < -0.4 is 0 Å². The highest BCUT2D eigenvalue weighted by atomic mass is 16.7. The zero-order valence-corrected chi connectivity index (χ0v) is 19.8. The summed E-state index contributed by atoms with van der Waals surface area (Å²) in [6, 6.07) is 0. The van der Waals surface area contributed by atoms with Crippen molar-refractivity contribution in [1.29, 1.82) is 0 Å². The second-order valence-electron chi connectivity index (χ2n) is 9.08. The van der Waals surface area contributed by atoms with Crippen molar-refractivity contribution in [1.82, 2.24) is 5.06 Å². The molecule has 1 fully saturated rings. The summed E-state index contributed by atoms with van der Waals surface area (Å²) in [5.74, 6) is -3.98. The number of nitrogens with zero attached hydrogens (tertiary/aromatic N) is 1. The number of hydroxylamine groups is 2. The Morgan fingerprint density at radius 2 is 1.09 bits per heavy atom. The SMILES string of the molecule is CC(CCCCCCCCCCCCCCCC(=O)ON1C(=O)CCC1=O)(C(=O)O)C(=O)O.